The van der Waals surface area contributed by atoms with Crippen molar-refractivity contribution in [3.63, 3.8) is 0 Å². The van der Waals surface area contributed by atoms with Crippen molar-refractivity contribution in [2.45, 2.75) is 39.0 Å². The molecule has 0 atom stereocenters. The fraction of sp³-hybridized carbons (Fsp3) is 0.259. The standard InChI is InChI=1S/C27H30N6OSi/c1-35(2,3)18-17-34-20-33-26(23-11-9-21(10-12-23)19-30-32-28)25(22-13-15-29-16-14-22)31-27(33)24-7-5-4-6-8-24/h4-16H,17-20H2,1-3H3. The second-order valence-corrected chi connectivity index (χ2v) is 15.2. The van der Waals surface area contributed by atoms with Crippen LogP contribution in [0.25, 0.3) is 44.3 Å². The molecule has 0 radical (unpaired) electrons. The predicted octanol–water partition coefficient (Wildman–Crippen LogP) is 7.40. The molecule has 0 spiro atoms. The van der Waals surface area contributed by atoms with Gasteiger partial charge in [0.2, 0.25) is 0 Å². The van der Waals surface area contributed by atoms with Gasteiger partial charge in [-0.25, -0.2) is 4.98 Å². The van der Waals surface area contributed by atoms with E-state index in [1.807, 2.05) is 42.5 Å². The molecule has 0 saturated heterocycles. The lowest BCUT2D eigenvalue weighted by Crippen LogP contribution is -2.22. The maximum Gasteiger partial charge on any atom is 0.143 e. The van der Waals surface area contributed by atoms with Gasteiger partial charge < -0.3 is 4.74 Å². The monoisotopic (exact) mass is 482 g/mol. The van der Waals surface area contributed by atoms with Crippen LogP contribution in [0.5, 0.6) is 0 Å². The van der Waals surface area contributed by atoms with Crippen molar-refractivity contribution in [2.24, 2.45) is 5.11 Å². The van der Waals surface area contributed by atoms with Gasteiger partial charge in [0, 0.05) is 48.7 Å². The number of rotatable bonds is 10. The molecule has 2 heterocycles. The summed E-state index contributed by atoms with van der Waals surface area (Å²) < 4.78 is 8.40. The fourth-order valence-electron chi connectivity index (χ4n) is 3.81. The molecule has 0 fully saturated rings. The first-order valence-corrected chi connectivity index (χ1v) is 15.4. The van der Waals surface area contributed by atoms with Crippen LogP contribution < -0.4 is 0 Å². The molecule has 4 aromatic rings. The van der Waals surface area contributed by atoms with E-state index in [9.17, 15) is 0 Å². The second kappa shape index (κ2) is 11.1. The predicted molar refractivity (Wildman–Crippen MR) is 143 cm³/mol. The average molecular weight is 483 g/mol. The molecule has 8 heteroatoms. The topological polar surface area (TPSA) is 88.7 Å². The summed E-state index contributed by atoms with van der Waals surface area (Å²) in [6.07, 6.45) is 3.57. The molecule has 35 heavy (non-hydrogen) atoms. The number of hydrogen-bond acceptors (Lipinski definition) is 4. The summed E-state index contributed by atoms with van der Waals surface area (Å²) in [5.74, 6) is 0.860. The number of aromatic nitrogens is 3. The van der Waals surface area contributed by atoms with Crippen molar-refractivity contribution in [1.82, 2.24) is 14.5 Å². The van der Waals surface area contributed by atoms with Gasteiger partial charge in [-0.15, -0.1) is 0 Å². The second-order valence-electron chi connectivity index (χ2n) is 9.60. The van der Waals surface area contributed by atoms with E-state index in [-0.39, 0.29) is 0 Å². The maximum absolute atomic E-state index is 8.65. The van der Waals surface area contributed by atoms with Crippen LogP contribution in [-0.4, -0.2) is 29.2 Å². The zero-order chi connectivity index (χ0) is 24.7. The van der Waals surface area contributed by atoms with Crippen LogP contribution in [0, 0.1) is 0 Å². The van der Waals surface area contributed by atoms with Gasteiger partial charge >= 0.3 is 0 Å². The number of imidazole rings is 1. The summed E-state index contributed by atoms with van der Waals surface area (Å²) in [6.45, 7) is 8.51. The van der Waals surface area contributed by atoms with Gasteiger partial charge in [0.25, 0.3) is 0 Å². The zero-order valence-electron chi connectivity index (χ0n) is 20.4. The normalized spacial score (nSPS) is 11.3. The highest BCUT2D eigenvalue weighted by molar-refractivity contribution is 6.76. The highest BCUT2D eigenvalue weighted by atomic mass is 28.3. The van der Waals surface area contributed by atoms with Crippen LogP contribution in [0.15, 0.2) is 84.2 Å². The van der Waals surface area contributed by atoms with Crippen LogP contribution in [0.4, 0.5) is 0 Å². The third kappa shape index (κ3) is 6.25. The Morgan fingerprint density at radius 2 is 1.63 bits per heavy atom. The van der Waals surface area contributed by atoms with Gasteiger partial charge in [-0.05, 0) is 29.3 Å². The Balaban J connectivity index is 1.83. The van der Waals surface area contributed by atoms with Crippen molar-refractivity contribution in [3.05, 3.63) is 95.1 Å². The Morgan fingerprint density at radius 3 is 2.29 bits per heavy atom. The molecule has 2 aromatic carbocycles. The number of pyridine rings is 1. The van der Waals surface area contributed by atoms with Crippen molar-refractivity contribution in [2.75, 3.05) is 6.61 Å². The van der Waals surface area contributed by atoms with E-state index in [4.69, 9.17) is 15.3 Å². The minimum Gasteiger partial charge on any atom is -0.361 e. The number of hydrogen-bond donors (Lipinski definition) is 0. The van der Waals surface area contributed by atoms with Gasteiger partial charge in [-0.2, -0.15) is 0 Å². The summed E-state index contributed by atoms with van der Waals surface area (Å²) >= 11 is 0. The Hall–Kier alpha value is -3.71. The quantitative estimate of drug-likeness (QED) is 0.0775. The fourth-order valence-corrected chi connectivity index (χ4v) is 4.56. The lowest BCUT2D eigenvalue weighted by atomic mass is 10.0. The Labute approximate surface area is 207 Å². The number of ether oxygens (including phenoxy) is 1. The molecule has 0 aliphatic rings. The van der Waals surface area contributed by atoms with Crippen LogP contribution >= 0.6 is 0 Å². The molecule has 4 rings (SSSR count). The summed E-state index contributed by atoms with van der Waals surface area (Å²) in [4.78, 5) is 12.2. The van der Waals surface area contributed by atoms with Gasteiger partial charge in [-0.3, -0.25) is 9.55 Å². The van der Waals surface area contributed by atoms with Crippen LogP contribution in [0.2, 0.25) is 25.7 Å². The van der Waals surface area contributed by atoms with Crippen LogP contribution in [0.3, 0.4) is 0 Å². The van der Waals surface area contributed by atoms with Gasteiger partial charge in [-0.1, -0.05) is 79.4 Å². The van der Waals surface area contributed by atoms with E-state index in [0.717, 1.165) is 52.1 Å². The Morgan fingerprint density at radius 1 is 0.914 bits per heavy atom. The third-order valence-corrected chi connectivity index (χ3v) is 7.42. The average Bonchev–Trinajstić information content (AvgIpc) is 3.25. The molecule has 0 bridgehead atoms. The largest absolute Gasteiger partial charge is 0.361 e. The Bertz CT molecular complexity index is 1290. The maximum atomic E-state index is 8.65. The minimum absolute atomic E-state index is 0.322. The van der Waals surface area contributed by atoms with Gasteiger partial charge in [0.05, 0.1) is 17.9 Å². The highest BCUT2D eigenvalue weighted by Crippen LogP contribution is 2.36. The molecule has 0 unspecified atom stereocenters. The molecule has 0 amide bonds. The van der Waals surface area contributed by atoms with Crippen LogP contribution in [-0.2, 0) is 18.0 Å². The summed E-state index contributed by atoms with van der Waals surface area (Å²) in [7, 11) is -1.21. The van der Waals surface area contributed by atoms with E-state index < -0.39 is 8.07 Å². The first kappa shape index (κ1) is 24.4. The summed E-state index contributed by atoms with van der Waals surface area (Å²) in [6, 6.07) is 23.4. The smallest absolute Gasteiger partial charge is 0.143 e. The van der Waals surface area contributed by atoms with Crippen molar-refractivity contribution in [3.8, 4) is 33.9 Å². The number of benzene rings is 2. The molecule has 0 aliphatic heterocycles. The molecule has 2 aromatic heterocycles. The van der Waals surface area contributed by atoms with Crippen molar-refractivity contribution >= 4 is 8.07 Å². The lowest BCUT2D eigenvalue weighted by Gasteiger charge is -2.17. The molecular weight excluding hydrogens is 452 g/mol. The van der Waals surface area contributed by atoms with Crippen LogP contribution in [0.1, 0.15) is 5.56 Å². The van der Waals surface area contributed by atoms with Gasteiger partial charge in [0.15, 0.2) is 0 Å². The number of nitrogens with zero attached hydrogens (tertiary/aromatic N) is 6. The first-order valence-electron chi connectivity index (χ1n) is 11.7. The molecule has 178 valence electrons. The molecule has 0 saturated carbocycles. The summed E-state index contributed by atoms with van der Waals surface area (Å²) in [5.41, 5.74) is 14.5. The lowest BCUT2D eigenvalue weighted by molar-refractivity contribution is 0.0893. The van der Waals surface area contributed by atoms with E-state index in [2.05, 4.69) is 63.5 Å². The van der Waals surface area contributed by atoms with E-state index >= 15 is 0 Å². The first-order chi connectivity index (χ1) is 17.0. The SMILES string of the molecule is C[Si](C)(C)CCOCn1c(-c2ccccc2)nc(-c2ccncc2)c1-c1ccc(CN=[N+]=[N-])cc1. The van der Waals surface area contributed by atoms with Gasteiger partial charge in [0.1, 0.15) is 12.6 Å². The van der Waals surface area contributed by atoms with Crippen molar-refractivity contribution in [1.29, 1.82) is 0 Å². The molecule has 0 N–H and O–H groups in total. The highest BCUT2D eigenvalue weighted by Gasteiger charge is 2.22. The van der Waals surface area contributed by atoms with E-state index in [1.165, 1.54) is 0 Å². The molecular formula is C27H30N6OSi. The molecule has 0 aliphatic carbocycles. The third-order valence-electron chi connectivity index (χ3n) is 5.71. The van der Waals surface area contributed by atoms with E-state index in [0.29, 0.717) is 13.3 Å². The summed E-state index contributed by atoms with van der Waals surface area (Å²) in [5, 5.41) is 3.68. The minimum atomic E-state index is -1.21. The Kier molecular flexibility index (Phi) is 7.77. The zero-order valence-corrected chi connectivity index (χ0v) is 21.4. The van der Waals surface area contributed by atoms with Crippen molar-refractivity contribution < 1.29 is 4.74 Å². The number of azide groups is 1. The molecule has 7 nitrogen and oxygen atoms in total. The van der Waals surface area contributed by atoms with E-state index in [1.54, 1.807) is 12.4 Å².